The number of carbonyl (C=O) groups excluding carboxylic acids is 1. The van der Waals surface area contributed by atoms with E-state index in [2.05, 4.69) is 22.1 Å². The van der Waals surface area contributed by atoms with Crippen molar-refractivity contribution in [1.82, 2.24) is 10.3 Å². The van der Waals surface area contributed by atoms with Crippen molar-refractivity contribution in [3.8, 4) is 23.3 Å². The minimum atomic E-state index is -0.409. The van der Waals surface area contributed by atoms with Crippen molar-refractivity contribution in [1.29, 1.82) is 0 Å². The quantitative estimate of drug-likeness (QED) is 0.848. The molecule has 0 aliphatic heterocycles. The summed E-state index contributed by atoms with van der Waals surface area (Å²) >= 11 is 0. The molecule has 24 heavy (non-hydrogen) atoms. The standard InChI is InChI=1S/C19H20N2O3/c1-4-20-19(23)18-16(22)11-15(12-21-18)8-6-10-24-17-9-5-7-13(2)14(17)3/h5,7,9,11-12,22H,4,10H2,1-3H3,(H,20,23). The zero-order valence-corrected chi connectivity index (χ0v) is 14.0. The minimum absolute atomic E-state index is 0.00552. The number of nitrogens with one attached hydrogen (secondary N) is 1. The van der Waals surface area contributed by atoms with E-state index in [0.29, 0.717) is 12.1 Å². The van der Waals surface area contributed by atoms with E-state index in [9.17, 15) is 9.90 Å². The molecule has 1 aromatic carbocycles. The fourth-order valence-electron chi connectivity index (χ4n) is 2.07. The number of rotatable bonds is 4. The maximum Gasteiger partial charge on any atom is 0.273 e. The molecular weight excluding hydrogens is 304 g/mol. The first-order chi connectivity index (χ1) is 11.5. The van der Waals surface area contributed by atoms with Gasteiger partial charge in [-0.15, -0.1) is 0 Å². The number of aryl methyl sites for hydroxylation is 1. The van der Waals surface area contributed by atoms with Gasteiger partial charge in [-0.25, -0.2) is 4.98 Å². The third-order valence-corrected chi connectivity index (χ3v) is 3.51. The molecule has 1 heterocycles. The van der Waals surface area contributed by atoms with Crippen LogP contribution in [0.25, 0.3) is 0 Å². The summed E-state index contributed by atoms with van der Waals surface area (Å²) in [5.41, 5.74) is 2.76. The van der Waals surface area contributed by atoms with E-state index in [1.54, 1.807) is 6.92 Å². The number of nitrogens with zero attached hydrogens (tertiary/aromatic N) is 1. The molecule has 0 aliphatic rings. The van der Waals surface area contributed by atoms with Crippen molar-refractivity contribution in [2.75, 3.05) is 13.2 Å². The predicted molar refractivity (Wildman–Crippen MR) is 92.2 cm³/mol. The Bertz CT molecular complexity index is 804. The van der Waals surface area contributed by atoms with Gasteiger partial charge in [-0.3, -0.25) is 4.79 Å². The van der Waals surface area contributed by atoms with Gasteiger partial charge < -0.3 is 15.2 Å². The number of amides is 1. The Morgan fingerprint density at radius 2 is 2.17 bits per heavy atom. The zero-order valence-electron chi connectivity index (χ0n) is 14.0. The third kappa shape index (κ3) is 4.26. The van der Waals surface area contributed by atoms with Crippen molar-refractivity contribution in [2.45, 2.75) is 20.8 Å². The third-order valence-electron chi connectivity index (χ3n) is 3.51. The summed E-state index contributed by atoms with van der Waals surface area (Å²) in [6.07, 6.45) is 1.45. The second kappa shape index (κ2) is 8.02. The van der Waals surface area contributed by atoms with Crippen LogP contribution < -0.4 is 10.1 Å². The van der Waals surface area contributed by atoms with Crippen molar-refractivity contribution in [3.63, 3.8) is 0 Å². The van der Waals surface area contributed by atoms with Crippen LogP contribution >= 0.6 is 0 Å². The molecule has 2 aromatic rings. The fraction of sp³-hybridized carbons (Fsp3) is 0.263. The molecule has 1 aromatic heterocycles. The summed E-state index contributed by atoms with van der Waals surface area (Å²) in [5.74, 6) is 5.93. The maximum absolute atomic E-state index is 11.7. The molecule has 0 bridgehead atoms. The lowest BCUT2D eigenvalue weighted by atomic mass is 10.1. The van der Waals surface area contributed by atoms with E-state index in [1.807, 2.05) is 32.0 Å². The first-order valence-electron chi connectivity index (χ1n) is 7.68. The summed E-state index contributed by atoms with van der Waals surface area (Å²) < 4.78 is 5.64. The summed E-state index contributed by atoms with van der Waals surface area (Å²) in [6, 6.07) is 7.28. The zero-order chi connectivity index (χ0) is 17.5. The van der Waals surface area contributed by atoms with E-state index in [4.69, 9.17) is 4.74 Å². The highest BCUT2D eigenvalue weighted by Crippen LogP contribution is 2.20. The second-order valence-corrected chi connectivity index (χ2v) is 5.24. The smallest absolute Gasteiger partial charge is 0.273 e. The van der Waals surface area contributed by atoms with E-state index in [0.717, 1.165) is 16.9 Å². The van der Waals surface area contributed by atoms with Crippen LogP contribution in [0.3, 0.4) is 0 Å². The van der Waals surface area contributed by atoms with Gasteiger partial charge in [0.2, 0.25) is 0 Å². The number of benzene rings is 1. The van der Waals surface area contributed by atoms with Crippen molar-refractivity contribution in [3.05, 3.63) is 52.8 Å². The highest BCUT2D eigenvalue weighted by Gasteiger charge is 2.11. The minimum Gasteiger partial charge on any atom is -0.505 e. The van der Waals surface area contributed by atoms with Gasteiger partial charge >= 0.3 is 0 Å². The highest BCUT2D eigenvalue weighted by atomic mass is 16.5. The van der Waals surface area contributed by atoms with Crippen molar-refractivity contribution >= 4 is 5.91 Å². The summed E-state index contributed by atoms with van der Waals surface area (Å²) in [4.78, 5) is 15.6. The van der Waals surface area contributed by atoms with E-state index in [1.165, 1.54) is 12.3 Å². The maximum atomic E-state index is 11.7. The number of hydrogen-bond acceptors (Lipinski definition) is 4. The number of hydrogen-bond donors (Lipinski definition) is 2. The fourth-order valence-corrected chi connectivity index (χ4v) is 2.07. The van der Waals surface area contributed by atoms with Crippen LogP contribution in [-0.4, -0.2) is 29.1 Å². The molecule has 5 heteroatoms. The van der Waals surface area contributed by atoms with Crippen LogP contribution in [0, 0.1) is 25.7 Å². The van der Waals surface area contributed by atoms with Crippen LogP contribution in [-0.2, 0) is 0 Å². The van der Waals surface area contributed by atoms with E-state index in [-0.39, 0.29) is 18.1 Å². The lowest BCUT2D eigenvalue weighted by Gasteiger charge is -2.07. The van der Waals surface area contributed by atoms with Gasteiger partial charge in [0.1, 0.15) is 18.1 Å². The Labute approximate surface area is 141 Å². The molecule has 2 rings (SSSR count). The van der Waals surface area contributed by atoms with Gasteiger partial charge in [0.15, 0.2) is 5.69 Å². The van der Waals surface area contributed by atoms with Gasteiger partial charge in [0, 0.05) is 18.3 Å². The molecule has 1 amide bonds. The average Bonchev–Trinajstić information content (AvgIpc) is 2.55. The normalized spacial score (nSPS) is 9.79. The lowest BCUT2D eigenvalue weighted by molar-refractivity contribution is 0.0948. The Hall–Kier alpha value is -3.00. The van der Waals surface area contributed by atoms with Gasteiger partial charge in [-0.05, 0) is 44.0 Å². The second-order valence-electron chi connectivity index (χ2n) is 5.24. The molecule has 0 saturated carbocycles. The van der Waals surface area contributed by atoms with E-state index < -0.39 is 5.91 Å². The summed E-state index contributed by atoms with van der Waals surface area (Å²) in [7, 11) is 0. The largest absolute Gasteiger partial charge is 0.505 e. The van der Waals surface area contributed by atoms with Crippen LogP contribution in [0.1, 0.15) is 34.1 Å². The molecule has 0 saturated heterocycles. The van der Waals surface area contributed by atoms with Crippen molar-refractivity contribution < 1.29 is 14.6 Å². The van der Waals surface area contributed by atoms with Gasteiger partial charge in [-0.2, -0.15) is 0 Å². The number of pyridine rings is 1. The first kappa shape index (κ1) is 17.4. The van der Waals surface area contributed by atoms with Crippen LogP contribution in [0.2, 0.25) is 0 Å². The molecule has 124 valence electrons. The average molecular weight is 324 g/mol. The highest BCUT2D eigenvalue weighted by molar-refractivity contribution is 5.94. The molecule has 0 radical (unpaired) electrons. The summed E-state index contributed by atoms with van der Waals surface area (Å²) in [6.45, 7) is 6.52. The number of aromatic nitrogens is 1. The predicted octanol–water partition coefficient (Wildman–Crippen LogP) is 2.58. The topological polar surface area (TPSA) is 71.5 Å². The first-order valence-corrected chi connectivity index (χ1v) is 7.68. The molecule has 0 atom stereocenters. The lowest BCUT2D eigenvalue weighted by Crippen LogP contribution is -2.23. The van der Waals surface area contributed by atoms with Gasteiger partial charge in [0.05, 0.1) is 0 Å². The van der Waals surface area contributed by atoms with E-state index >= 15 is 0 Å². The van der Waals surface area contributed by atoms with Crippen molar-refractivity contribution in [2.24, 2.45) is 0 Å². The molecule has 0 spiro atoms. The van der Waals surface area contributed by atoms with Gasteiger partial charge in [0.25, 0.3) is 5.91 Å². The number of aromatic hydroxyl groups is 1. The summed E-state index contributed by atoms with van der Waals surface area (Å²) in [5, 5.41) is 12.5. The van der Waals surface area contributed by atoms with Crippen LogP contribution in [0.5, 0.6) is 11.5 Å². The Kier molecular flexibility index (Phi) is 5.80. The van der Waals surface area contributed by atoms with Gasteiger partial charge in [-0.1, -0.05) is 24.0 Å². The molecule has 2 N–H and O–H groups in total. The molecule has 0 fully saturated rings. The van der Waals surface area contributed by atoms with Crippen LogP contribution in [0.4, 0.5) is 0 Å². The molecular formula is C19H20N2O3. The monoisotopic (exact) mass is 324 g/mol. The Morgan fingerprint density at radius 1 is 1.38 bits per heavy atom. The molecule has 5 nitrogen and oxygen atoms in total. The Balaban J connectivity index is 2.02. The van der Waals surface area contributed by atoms with Crippen LogP contribution in [0.15, 0.2) is 30.5 Å². The molecule has 0 unspecified atom stereocenters. The number of carbonyl (C=O) groups is 1. The number of ether oxygens (including phenoxy) is 1. The Morgan fingerprint density at radius 3 is 2.88 bits per heavy atom. The SMILES string of the molecule is CCNC(=O)c1ncc(C#CCOc2cccc(C)c2C)cc1O. The molecule has 0 aliphatic carbocycles.